The Bertz CT molecular complexity index is 702. The van der Waals surface area contributed by atoms with Gasteiger partial charge in [0.25, 0.3) is 0 Å². The largest absolute Gasteiger partial charge is 0.572 e. The summed E-state index contributed by atoms with van der Waals surface area (Å²) in [6, 6.07) is 8.63. The molecule has 0 aromatic heterocycles. The van der Waals surface area contributed by atoms with Crippen LogP contribution in [0.25, 0.3) is 4.72 Å². The van der Waals surface area contributed by atoms with Gasteiger partial charge >= 0.3 is 0 Å². The van der Waals surface area contributed by atoms with E-state index < -0.39 is 15.8 Å². The Hall–Kier alpha value is -1.30. The second-order valence-corrected chi connectivity index (χ2v) is 6.06. The molecule has 0 aliphatic heterocycles. The summed E-state index contributed by atoms with van der Waals surface area (Å²) in [4.78, 5) is -0.111. The maximum Gasteiger partial charge on any atom is 0.123 e. The van der Waals surface area contributed by atoms with Crippen LogP contribution in [0.3, 0.4) is 0 Å². The van der Waals surface area contributed by atoms with Gasteiger partial charge in [-0.2, -0.15) is 0 Å². The molecule has 2 aromatic carbocycles. The molecule has 0 unspecified atom stereocenters. The average Bonchev–Trinajstić information content (AvgIpc) is 2.33. The van der Waals surface area contributed by atoms with Crippen LogP contribution in [0.4, 0.5) is 10.1 Å². The number of hydrogen-bond acceptors (Lipinski definition) is 2. The number of sulfonamides is 1. The maximum atomic E-state index is 12.7. The number of benzene rings is 2. The highest BCUT2D eigenvalue weighted by Gasteiger charge is 2.06. The quantitative estimate of drug-likeness (QED) is 0.834. The third-order valence-electron chi connectivity index (χ3n) is 2.24. The number of nitrogens with zero attached hydrogens (tertiary/aromatic N) is 1. The molecule has 2 rings (SSSR count). The van der Waals surface area contributed by atoms with Crippen molar-refractivity contribution < 1.29 is 12.8 Å². The Kier molecular flexibility index (Phi) is 3.99. The van der Waals surface area contributed by atoms with Gasteiger partial charge in [0.1, 0.15) is 15.8 Å². The molecule has 0 aliphatic rings. The Morgan fingerprint density at radius 2 is 1.63 bits per heavy atom. The van der Waals surface area contributed by atoms with Crippen molar-refractivity contribution in [3.05, 3.63) is 63.0 Å². The molecule has 2 aromatic rings. The highest BCUT2D eigenvalue weighted by Crippen LogP contribution is 2.35. The van der Waals surface area contributed by atoms with Gasteiger partial charge in [0.05, 0.1) is 4.90 Å². The third-order valence-corrected chi connectivity index (χ3v) is 4.08. The first-order valence-corrected chi connectivity index (χ1v) is 7.27. The summed E-state index contributed by atoms with van der Waals surface area (Å²) >= 11 is 11.6. The molecule has 3 nitrogen and oxygen atoms in total. The van der Waals surface area contributed by atoms with Gasteiger partial charge in [-0.05, 0) is 36.4 Å². The molecule has 0 saturated carbocycles. The van der Waals surface area contributed by atoms with Crippen LogP contribution in [0, 0.1) is 5.82 Å². The van der Waals surface area contributed by atoms with Gasteiger partial charge in [-0.15, -0.1) is 5.69 Å². The summed E-state index contributed by atoms with van der Waals surface area (Å²) < 4.78 is 40.3. The lowest BCUT2D eigenvalue weighted by Gasteiger charge is -2.23. The van der Waals surface area contributed by atoms with Crippen molar-refractivity contribution in [2.75, 3.05) is 0 Å². The molecule has 0 radical (unpaired) electrons. The van der Waals surface area contributed by atoms with Crippen molar-refractivity contribution >= 4 is 38.9 Å². The molecule has 0 bridgehead atoms. The molecule has 0 fully saturated rings. The van der Waals surface area contributed by atoms with E-state index in [1.807, 2.05) is 0 Å². The molecule has 0 amide bonds. The summed E-state index contributed by atoms with van der Waals surface area (Å²) in [5, 5.41) is 0.501. The molecule has 0 N–H and O–H groups in total. The Balaban J connectivity index is 2.33. The summed E-state index contributed by atoms with van der Waals surface area (Å²) in [5.41, 5.74) is 0.0791. The Labute approximate surface area is 120 Å². The third kappa shape index (κ3) is 3.37. The standard InChI is InChI=1S/C12H7Cl2FNO2S/c13-8-1-6-12(11(14)7-8)16-19(17,18)10-4-2-9(15)3-5-10/h1-7H/q-1. The number of rotatable bonds is 3. The van der Waals surface area contributed by atoms with Crippen LogP contribution < -0.4 is 0 Å². The lowest BCUT2D eigenvalue weighted by molar-refractivity contribution is 0.601. The zero-order valence-electron chi connectivity index (χ0n) is 9.35. The summed E-state index contributed by atoms with van der Waals surface area (Å²) in [7, 11) is -3.93. The van der Waals surface area contributed by atoms with Crippen molar-refractivity contribution in [1.29, 1.82) is 0 Å². The molecular weight excluding hydrogens is 312 g/mol. The summed E-state index contributed by atoms with van der Waals surface area (Å²) in [5.74, 6) is -0.525. The minimum atomic E-state index is -3.93. The first-order valence-electron chi connectivity index (χ1n) is 5.07. The van der Waals surface area contributed by atoms with Crippen molar-refractivity contribution in [3.63, 3.8) is 0 Å². The van der Waals surface area contributed by atoms with Crippen molar-refractivity contribution in [1.82, 2.24) is 0 Å². The van der Waals surface area contributed by atoms with E-state index in [2.05, 4.69) is 4.72 Å². The van der Waals surface area contributed by atoms with Crippen LogP contribution in [0.15, 0.2) is 47.4 Å². The molecule has 0 aliphatic carbocycles. The van der Waals surface area contributed by atoms with E-state index in [0.29, 0.717) is 5.02 Å². The van der Waals surface area contributed by atoms with Crippen molar-refractivity contribution in [2.45, 2.75) is 4.90 Å². The van der Waals surface area contributed by atoms with Gasteiger partial charge in [0.2, 0.25) is 0 Å². The molecule has 0 atom stereocenters. The molecule has 0 saturated heterocycles. The van der Waals surface area contributed by atoms with Crippen LogP contribution in [0.2, 0.25) is 10.0 Å². The van der Waals surface area contributed by atoms with E-state index in [0.717, 1.165) is 24.3 Å². The van der Waals surface area contributed by atoms with Crippen LogP contribution in [-0.2, 0) is 10.0 Å². The lowest BCUT2D eigenvalue weighted by atomic mass is 10.3. The van der Waals surface area contributed by atoms with E-state index >= 15 is 0 Å². The van der Waals surface area contributed by atoms with Gasteiger partial charge in [0, 0.05) is 10.0 Å². The fourth-order valence-electron chi connectivity index (χ4n) is 1.34. The average molecular weight is 319 g/mol. The smallest absolute Gasteiger partial charge is 0.123 e. The molecule has 100 valence electrons. The molecule has 0 heterocycles. The van der Waals surface area contributed by atoms with Crippen molar-refractivity contribution in [2.24, 2.45) is 0 Å². The normalized spacial score (nSPS) is 11.3. The highest BCUT2D eigenvalue weighted by atomic mass is 35.5. The highest BCUT2D eigenvalue weighted by molar-refractivity contribution is 7.94. The van der Waals surface area contributed by atoms with Gasteiger partial charge in [0.15, 0.2) is 0 Å². The maximum absolute atomic E-state index is 12.7. The summed E-state index contributed by atoms with van der Waals surface area (Å²) in [6.07, 6.45) is 0. The van der Waals surface area contributed by atoms with E-state index in [-0.39, 0.29) is 15.6 Å². The topological polar surface area (TPSA) is 48.2 Å². The monoisotopic (exact) mass is 318 g/mol. The van der Waals surface area contributed by atoms with Crippen LogP contribution >= 0.6 is 23.2 Å². The number of hydrogen-bond donors (Lipinski definition) is 0. The Morgan fingerprint density at radius 1 is 1.00 bits per heavy atom. The zero-order valence-corrected chi connectivity index (χ0v) is 11.7. The number of halogens is 3. The van der Waals surface area contributed by atoms with Gasteiger partial charge in [-0.25, -0.2) is 12.8 Å². The van der Waals surface area contributed by atoms with E-state index in [1.165, 1.54) is 18.2 Å². The molecular formula is C12H7Cl2FNO2S-. The zero-order chi connectivity index (χ0) is 14.0. The van der Waals surface area contributed by atoms with Crippen LogP contribution in [0.1, 0.15) is 0 Å². The van der Waals surface area contributed by atoms with Crippen molar-refractivity contribution in [3.8, 4) is 0 Å². The fourth-order valence-corrected chi connectivity index (χ4v) is 2.85. The lowest BCUT2D eigenvalue weighted by Crippen LogP contribution is -1.97. The van der Waals surface area contributed by atoms with E-state index in [4.69, 9.17) is 23.2 Å². The van der Waals surface area contributed by atoms with Gasteiger partial charge in [-0.3, -0.25) is 0 Å². The minimum absolute atomic E-state index is 0.0791. The predicted octanol–water partition coefficient (Wildman–Crippen LogP) is 4.53. The predicted molar refractivity (Wildman–Crippen MR) is 73.1 cm³/mol. The first kappa shape index (κ1) is 14.1. The SMILES string of the molecule is O=S(=O)([N-]c1ccc(Cl)cc1Cl)c1ccc(F)cc1. The fraction of sp³-hybridized carbons (Fsp3) is 0. The molecule has 0 spiro atoms. The van der Waals surface area contributed by atoms with E-state index in [9.17, 15) is 12.8 Å². The van der Waals surface area contributed by atoms with Gasteiger partial charge in [-0.1, -0.05) is 29.3 Å². The van der Waals surface area contributed by atoms with Crippen LogP contribution in [0.5, 0.6) is 0 Å². The van der Waals surface area contributed by atoms with E-state index in [1.54, 1.807) is 0 Å². The van der Waals surface area contributed by atoms with Crippen LogP contribution in [-0.4, -0.2) is 8.42 Å². The second kappa shape index (κ2) is 5.36. The molecule has 7 heteroatoms. The first-order chi connectivity index (χ1) is 8.88. The second-order valence-electron chi connectivity index (χ2n) is 3.62. The minimum Gasteiger partial charge on any atom is -0.572 e. The Morgan fingerprint density at radius 3 is 2.21 bits per heavy atom. The molecule has 19 heavy (non-hydrogen) atoms. The van der Waals surface area contributed by atoms with Gasteiger partial charge < -0.3 is 4.72 Å². The summed E-state index contributed by atoms with van der Waals surface area (Å²) in [6.45, 7) is 0.